The first kappa shape index (κ1) is 14.8. The first-order valence-electron chi connectivity index (χ1n) is 4.82. The summed E-state index contributed by atoms with van der Waals surface area (Å²) in [7, 11) is -3.03. The van der Waals surface area contributed by atoms with Crippen molar-refractivity contribution in [2.75, 3.05) is 26.8 Å². The molecule has 15 heavy (non-hydrogen) atoms. The Labute approximate surface area is 90.7 Å². The molecule has 0 amide bonds. The van der Waals surface area contributed by atoms with Gasteiger partial charge in [0.05, 0.1) is 12.7 Å². The van der Waals surface area contributed by atoms with Gasteiger partial charge in [-0.25, -0.2) is 0 Å². The van der Waals surface area contributed by atoms with Crippen LogP contribution >= 0.6 is 0 Å². The monoisotopic (exact) mass is 241 g/mol. The Morgan fingerprint density at radius 2 is 2.07 bits per heavy atom. The maximum atomic E-state index is 10.6. The Hall–Kier alpha value is -0.210. The summed E-state index contributed by atoms with van der Waals surface area (Å²) in [6.07, 6.45) is 0.982. The summed E-state index contributed by atoms with van der Waals surface area (Å²) < 4.78 is 35.5. The Morgan fingerprint density at radius 3 is 2.53 bits per heavy atom. The molecule has 1 unspecified atom stereocenters. The molecular weight excluding hydrogens is 222 g/mol. The summed E-state index contributed by atoms with van der Waals surface area (Å²) in [6, 6.07) is 0. The van der Waals surface area contributed by atoms with E-state index in [1.54, 1.807) is 0 Å². The number of rotatable bonds is 8. The molecule has 1 atom stereocenters. The summed E-state index contributed by atoms with van der Waals surface area (Å²) in [4.78, 5) is 0. The number of nitrogens with zero attached hydrogens (tertiary/aromatic N) is 1. The quantitative estimate of drug-likeness (QED) is 0.457. The van der Waals surface area contributed by atoms with Gasteiger partial charge in [-0.1, -0.05) is 13.3 Å². The van der Waals surface area contributed by atoms with Gasteiger partial charge in [-0.3, -0.25) is 4.55 Å². The van der Waals surface area contributed by atoms with Gasteiger partial charge in [-0.05, 0) is 6.42 Å². The van der Waals surface area contributed by atoms with Gasteiger partial charge in [0.1, 0.15) is 0 Å². The predicted octanol–water partition coefficient (Wildman–Crippen LogP) is -0.101. The molecule has 0 radical (unpaired) electrons. The van der Waals surface area contributed by atoms with Crippen LogP contribution in [0.3, 0.4) is 0 Å². The van der Waals surface area contributed by atoms with E-state index in [1.807, 2.05) is 6.92 Å². The Morgan fingerprint density at radius 1 is 1.47 bits per heavy atom. The highest BCUT2D eigenvalue weighted by Gasteiger charge is 2.17. The number of aliphatic hydroxyl groups is 1. The highest BCUT2D eigenvalue weighted by atomic mass is 32.2. The van der Waals surface area contributed by atoms with Crippen molar-refractivity contribution in [3.63, 3.8) is 0 Å². The molecule has 0 aromatic rings. The van der Waals surface area contributed by atoms with Gasteiger partial charge < -0.3 is 9.84 Å². The van der Waals surface area contributed by atoms with Crippen LogP contribution in [0.2, 0.25) is 0 Å². The van der Waals surface area contributed by atoms with Crippen molar-refractivity contribution in [1.82, 2.24) is 4.31 Å². The van der Waals surface area contributed by atoms with Crippen LogP contribution in [0.25, 0.3) is 0 Å². The fourth-order valence-electron chi connectivity index (χ4n) is 0.909. The van der Waals surface area contributed by atoms with Gasteiger partial charge in [0.2, 0.25) is 0 Å². The van der Waals surface area contributed by atoms with Crippen LogP contribution in [0.4, 0.5) is 0 Å². The van der Waals surface area contributed by atoms with E-state index in [0.29, 0.717) is 10.9 Å². The summed E-state index contributed by atoms with van der Waals surface area (Å²) in [5, 5.41) is 9.34. The lowest BCUT2D eigenvalue weighted by Crippen LogP contribution is -2.36. The molecular formula is C8H19NO5S. The van der Waals surface area contributed by atoms with E-state index in [-0.39, 0.29) is 13.2 Å². The first-order valence-corrected chi connectivity index (χ1v) is 6.22. The van der Waals surface area contributed by atoms with Crippen molar-refractivity contribution in [2.24, 2.45) is 0 Å². The van der Waals surface area contributed by atoms with Crippen molar-refractivity contribution in [2.45, 2.75) is 25.9 Å². The Kier molecular flexibility index (Phi) is 7.03. The summed E-state index contributed by atoms with van der Waals surface area (Å²) in [5.41, 5.74) is 0. The minimum absolute atomic E-state index is 0.0693. The van der Waals surface area contributed by atoms with E-state index in [0.717, 1.165) is 12.8 Å². The number of hydrogen-bond donors (Lipinski definition) is 2. The standard InChI is InChI=1S/C8H19NO5S/c1-3-4-5-14-7-8(10)6-9(2)15(11,12)13/h8,10H,3-7H2,1-2H3,(H,11,12,13). The molecule has 0 aromatic heterocycles. The summed E-state index contributed by atoms with van der Waals surface area (Å²) >= 11 is 0. The maximum Gasteiger partial charge on any atom is 0.335 e. The lowest BCUT2D eigenvalue weighted by molar-refractivity contribution is 0.0282. The second-order valence-electron chi connectivity index (χ2n) is 3.34. The number of unbranched alkanes of at least 4 members (excludes halogenated alkanes) is 1. The van der Waals surface area contributed by atoms with Crippen LogP contribution < -0.4 is 0 Å². The molecule has 0 fully saturated rings. The average molecular weight is 241 g/mol. The van der Waals surface area contributed by atoms with E-state index in [4.69, 9.17) is 9.29 Å². The minimum Gasteiger partial charge on any atom is -0.389 e. The predicted molar refractivity (Wildman–Crippen MR) is 55.9 cm³/mol. The van der Waals surface area contributed by atoms with E-state index in [2.05, 4.69) is 0 Å². The van der Waals surface area contributed by atoms with E-state index < -0.39 is 16.4 Å². The number of ether oxygens (including phenoxy) is 1. The van der Waals surface area contributed by atoms with Crippen molar-refractivity contribution in [1.29, 1.82) is 0 Å². The third kappa shape index (κ3) is 7.69. The van der Waals surface area contributed by atoms with E-state index in [9.17, 15) is 13.5 Å². The minimum atomic E-state index is -4.22. The molecule has 6 nitrogen and oxygen atoms in total. The maximum absolute atomic E-state index is 10.6. The lowest BCUT2D eigenvalue weighted by atomic mass is 10.3. The zero-order chi connectivity index (χ0) is 11.9. The van der Waals surface area contributed by atoms with Gasteiger partial charge in [-0.2, -0.15) is 12.7 Å². The highest BCUT2D eigenvalue weighted by Crippen LogP contribution is 1.97. The average Bonchev–Trinajstić information content (AvgIpc) is 2.11. The first-order chi connectivity index (χ1) is 6.88. The SMILES string of the molecule is CCCCOCC(O)CN(C)S(=O)(=O)O. The Balaban J connectivity index is 3.70. The van der Waals surface area contributed by atoms with Crippen LogP contribution in [-0.2, 0) is 15.0 Å². The molecule has 0 aliphatic heterocycles. The van der Waals surface area contributed by atoms with E-state index >= 15 is 0 Å². The van der Waals surface area contributed by atoms with Crippen molar-refractivity contribution in [3.05, 3.63) is 0 Å². The van der Waals surface area contributed by atoms with Gasteiger partial charge in [0, 0.05) is 20.2 Å². The van der Waals surface area contributed by atoms with Crippen molar-refractivity contribution < 1.29 is 22.8 Å². The zero-order valence-corrected chi connectivity index (χ0v) is 9.90. The molecule has 2 N–H and O–H groups in total. The third-order valence-electron chi connectivity index (χ3n) is 1.81. The third-order valence-corrected chi connectivity index (χ3v) is 2.75. The number of likely N-dealkylation sites (N-methyl/N-ethyl adjacent to an activating group) is 1. The number of aliphatic hydroxyl groups excluding tert-OH is 1. The highest BCUT2D eigenvalue weighted by molar-refractivity contribution is 7.83. The normalized spacial score (nSPS) is 14.5. The van der Waals surface area contributed by atoms with Crippen LogP contribution in [0.5, 0.6) is 0 Å². The molecule has 0 aliphatic rings. The topological polar surface area (TPSA) is 87.1 Å². The second kappa shape index (κ2) is 7.13. The molecule has 0 saturated heterocycles. The van der Waals surface area contributed by atoms with Gasteiger partial charge >= 0.3 is 10.3 Å². The van der Waals surface area contributed by atoms with Crippen LogP contribution in [0, 0.1) is 0 Å². The van der Waals surface area contributed by atoms with Crippen LogP contribution in [0.15, 0.2) is 0 Å². The molecule has 92 valence electrons. The molecule has 7 heteroatoms. The molecule has 0 heterocycles. The fraction of sp³-hybridized carbons (Fsp3) is 1.00. The van der Waals surface area contributed by atoms with Gasteiger partial charge in [-0.15, -0.1) is 0 Å². The smallest absolute Gasteiger partial charge is 0.335 e. The second-order valence-corrected chi connectivity index (χ2v) is 4.86. The molecule has 0 bridgehead atoms. The van der Waals surface area contributed by atoms with Gasteiger partial charge in [0.15, 0.2) is 0 Å². The molecule has 0 saturated carbocycles. The van der Waals surface area contributed by atoms with Crippen molar-refractivity contribution in [3.8, 4) is 0 Å². The summed E-state index contributed by atoms with van der Waals surface area (Å²) in [6.45, 7) is 2.46. The summed E-state index contributed by atoms with van der Waals surface area (Å²) in [5.74, 6) is 0. The van der Waals surface area contributed by atoms with Gasteiger partial charge in [0.25, 0.3) is 0 Å². The zero-order valence-electron chi connectivity index (χ0n) is 9.09. The van der Waals surface area contributed by atoms with Crippen LogP contribution in [0.1, 0.15) is 19.8 Å². The lowest BCUT2D eigenvalue weighted by Gasteiger charge is -2.17. The van der Waals surface area contributed by atoms with Crippen molar-refractivity contribution >= 4 is 10.3 Å². The molecule has 0 aromatic carbocycles. The fourth-order valence-corrected chi connectivity index (χ4v) is 1.27. The largest absolute Gasteiger partial charge is 0.389 e. The van der Waals surface area contributed by atoms with Crippen LogP contribution in [-0.4, -0.2) is 55.3 Å². The number of hydrogen-bond acceptors (Lipinski definition) is 4. The molecule has 0 spiro atoms. The molecule has 0 aliphatic carbocycles. The molecule has 0 rings (SSSR count). The Bertz CT molecular complexity index is 254. The van der Waals surface area contributed by atoms with E-state index in [1.165, 1.54) is 7.05 Å².